The number of nitrogens with zero attached hydrogens (tertiary/aromatic N) is 1. The largest absolute Gasteiger partial charge is 0.312 e. The summed E-state index contributed by atoms with van der Waals surface area (Å²) in [5.74, 6) is 0.657. The van der Waals surface area contributed by atoms with Crippen LogP contribution >= 0.6 is 11.3 Å². The minimum Gasteiger partial charge on any atom is -0.312 e. The fourth-order valence-corrected chi connectivity index (χ4v) is 2.97. The second kappa shape index (κ2) is 6.23. The van der Waals surface area contributed by atoms with Gasteiger partial charge in [0.2, 0.25) is 0 Å². The van der Waals surface area contributed by atoms with Gasteiger partial charge in [-0.3, -0.25) is 0 Å². The second-order valence-corrected chi connectivity index (χ2v) is 4.97. The number of nitrogens with one attached hydrogen (secondary N) is 1. The Labute approximate surface area is 97.1 Å². The van der Waals surface area contributed by atoms with Gasteiger partial charge >= 0.3 is 0 Å². The summed E-state index contributed by atoms with van der Waals surface area (Å²) in [5, 5.41) is 4.69. The molecule has 1 heterocycles. The molecule has 0 saturated carbocycles. The van der Waals surface area contributed by atoms with Crippen LogP contribution in [0.1, 0.15) is 55.1 Å². The molecule has 86 valence electrons. The summed E-state index contributed by atoms with van der Waals surface area (Å²) in [7, 11) is 0. The predicted molar refractivity (Wildman–Crippen MR) is 67.6 cm³/mol. The van der Waals surface area contributed by atoms with Crippen molar-refractivity contribution in [3.8, 4) is 0 Å². The average Bonchev–Trinajstić information content (AvgIpc) is 2.59. The van der Waals surface area contributed by atoms with Crippen LogP contribution in [0.5, 0.6) is 0 Å². The summed E-state index contributed by atoms with van der Waals surface area (Å²) in [5.41, 5.74) is 1.21. The number of hydrogen-bond donors (Lipinski definition) is 1. The molecular weight excluding hydrogens is 204 g/mol. The molecule has 0 aliphatic heterocycles. The molecule has 1 aromatic rings. The highest BCUT2D eigenvalue weighted by atomic mass is 32.1. The zero-order valence-corrected chi connectivity index (χ0v) is 11.1. The monoisotopic (exact) mass is 226 g/mol. The van der Waals surface area contributed by atoms with E-state index in [9.17, 15) is 0 Å². The first-order valence-electron chi connectivity index (χ1n) is 5.89. The van der Waals surface area contributed by atoms with E-state index in [1.54, 1.807) is 0 Å². The van der Waals surface area contributed by atoms with Crippen LogP contribution in [0.4, 0.5) is 0 Å². The lowest BCUT2D eigenvalue weighted by Crippen LogP contribution is -2.11. The van der Waals surface area contributed by atoms with E-state index in [-0.39, 0.29) is 0 Å². The van der Waals surface area contributed by atoms with E-state index >= 15 is 0 Å². The summed E-state index contributed by atoms with van der Waals surface area (Å²) >= 11 is 1.88. The average molecular weight is 226 g/mol. The lowest BCUT2D eigenvalue weighted by Gasteiger charge is -2.06. The van der Waals surface area contributed by atoms with Crippen molar-refractivity contribution in [3.05, 3.63) is 15.6 Å². The molecule has 0 aromatic carbocycles. The van der Waals surface area contributed by atoms with Gasteiger partial charge in [-0.2, -0.15) is 0 Å². The van der Waals surface area contributed by atoms with Crippen LogP contribution in [0.15, 0.2) is 0 Å². The van der Waals surface area contributed by atoms with Crippen molar-refractivity contribution in [2.24, 2.45) is 0 Å². The van der Waals surface area contributed by atoms with Gasteiger partial charge in [0.1, 0.15) is 0 Å². The minimum absolute atomic E-state index is 0.657. The maximum absolute atomic E-state index is 4.68. The lowest BCUT2D eigenvalue weighted by molar-refractivity contribution is 0.636. The van der Waals surface area contributed by atoms with Gasteiger partial charge in [-0.1, -0.05) is 20.8 Å². The van der Waals surface area contributed by atoms with Crippen molar-refractivity contribution in [2.45, 2.75) is 53.0 Å². The standard InChI is InChI=1S/C12H22N2S/c1-5-10(6-2)12-14-9(4)11(15-12)8-13-7-3/h10,13H,5-8H2,1-4H3. The van der Waals surface area contributed by atoms with Gasteiger partial charge in [-0.15, -0.1) is 11.3 Å². The number of rotatable bonds is 6. The molecule has 0 fully saturated rings. The van der Waals surface area contributed by atoms with Crippen molar-refractivity contribution < 1.29 is 0 Å². The molecule has 0 bridgehead atoms. The molecule has 1 aromatic heterocycles. The minimum atomic E-state index is 0.657. The Morgan fingerprint density at radius 2 is 1.93 bits per heavy atom. The van der Waals surface area contributed by atoms with Gasteiger partial charge in [0.25, 0.3) is 0 Å². The van der Waals surface area contributed by atoms with Crippen molar-refractivity contribution in [2.75, 3.05) is 6.54 Å². The van der Waals surface area contributed by atoms with Crippen LogP contribution in [0.3, 0.4) is 0 Å². The molecule has 0 radical (unpaired) electrons. The fourth-order valence-electron chi connectivity index (χ4n) is 1.67. The molecular formula is C12H22N2S. The second-order valence-electron chi connectivity index (χ2n) is 3.85. The Morgan fingerprint density at radius 1 is 1.27 bits per heavy atom. The summed E-state index contributed by atoms with van der Waals surface area (Å²) in [6, 6.07) is 0. The van der Waals surface area contributed by atoms with Gasteiger partial charge in [0.05, 0.1) is 10.7 Å². The first kappa shape index (κ1) is 12.7. The fraction of sp³-hybridized carbons (Fsp3) is 0.750. The summed E-state index contributed by atoms with van der Waals surface area (Å²) < 4.78 is 0. The SMILES string of the molecule is CCNCc1sc(C(CC)CC)nc1C. The van der Waals surface area contributed by atoms with E-state index in [1.807, 2.05) is 11.3 Å². The first-order chi connectivity index (χ1) is 7.22. The van der Waals surface area contributed by atoms with Crippen LogP contribution in [0.2, 0.25) is 0 Å². The third kappa shape index (κ3) is 3.28. The Bertz CT molecular complexity index is 290. The Hall–Kier alpha value is -0.410. The van der Waals surface area contributed by atoms with Crippen LogP contribution in [0.25, 0.3) is 0 Å². The van der Waals surface area contributed by atoms with Crippen molar-refractivity contribution in [3.63, 3.8) is 0 Å². The van der Waals surface area contributed by atoms with E-state index in [0.29, 0.717) is 5.92 Å². The highest BCUT2D eigenvalue weighted by molar-refractivity contribution is 7.11. The summed E-state index contributed by atoms with van der Waals surface area (Å²) in [4.78, 5) is 6.09. The van der Waals surface area contributed by atoms with E-state index in [2.05, 4.69) is 38.0 Å². The van der Waals surface area contributed by atoms with Gasteiger partial charge in [-0.05, 0) is 26.3 Å². The Morgan fingerprint density at radius 3 is 2.47 bits per heavy atom. The zero-order chi connectivity index (χ0) is 11.3. The van der Waals surface area contributed by atoms with Crippen LogP contribution < -0.4 is 5.32 Å². The summed E-state index contributed by atoms with van der Waals surface area (Å²) in [6.45, 7) is 10.7. The maximum atomic E-state index is 4.68. The number of aryl methyl sites for hydroxylation is 1. The third-order valence-electron chi connectivity index (χ3n) is 2.78. The normalized spacial score (nSPS) is 11.3. The van der Waals surface area contributed by atoms with E-state index < -0.39 is 0 Å². The summed E-state index contributed by atoms with van der Waals surface area (Å²) in [6.07, 6.45) is 2.40. The molecule has 3 heteroatoms. The zero-order valence-electron chi connectivity index (χ0n) is 10.3. The first-order valence-corrected chi connectivity index (χ1v) is 6.71. The highest BCUT2D eigenvalue weighted by Gasteiger charge is 2.14. The number of hydrogen-bond acceptors (Lipinski definition) is 3. The Kier molecular flexibility index (Phi) is 5.26. The smallest absolute Gasteiger partial charge is 0.0962 e. The number of thiazole rings is 1. The van der Waals surface area contributed by atoms with E-state index in [4.69, 9.17) is 0 Å². The van der Waals surface area contributed by atoms with Gasteiger partial charge in [0, 0.05) is 17.3 Å². The van der Waals surface area contributed by atoms with Crippen LogP contribution in [-0.2, 0) is 6.54 Å². The lowest BCUT2D eigenvalue weighted by atomic mass is 10.1. The quantitative estimate of drug-likeness (QED) is 0.803. The maximum Gasteiger partial charge on any atom is 0.0962 e. The topological polar surface area (TPSA) is 24.9 Å². The molecule has 0 spiro atoms. The number of aromatic nitrogens is 1. The molecule has 0 aliphatic rings. The molecule has 0 unspecified atom stereocenters. The molecule has 0 aliphatic carbocycles. The van der Waals surface area contributed by atoms with Crippen molar-refractivity contribution >= 4 is 11.3 Å². The van der Waals surface area contributed by atoms with Crippen molar-refractivity contribution in [1.82, 2.24) is 10.3 Å². The highest BCUT2D eigenvalue weighted by Crippen LogP contribution is 2.29. The molecule has 2 nitrogen and oxygen atoms in total. The van der Waals surface area contributed by atoms with Crippen molar-refractivity contribution in [1.29, 1.82) is 0 Å². The molecule has 0 saturated heterocycles. The van der Waals surface area contributed by atoms with E-state index in [0.717, 1.165) is 13.1 Å². The van der Waals surface area contributed by atoms with Crippen LogP contribution in [-0.4, -0.2) is 11.5 Å². The van der Waals surface area contributed by atoms with Gasteiger partial charge in [-0.25, -0.2) is 4.98 Å². The van der Waals surface area contributed by atoms with Gasteiger partial charge < -0.3 is 5.32 Å². The molecule has 1 rings (SSSR count). The molecule has 15 heavy (non-hydrogen) atoms. The molecule has 0 atom stereocenters. The predicted octanol–water partition coefficient (Wildman–Crippen LogP) is 3.46. The molecule has 1 N–H and O–H groups in total. The molecule has 0 amide bonds. The van der Waals surface area contributed by atoms with E-state index in [1.165, 1.54) is 28.4 Å². The van der Waals surface area contributed by atoms with Gasteiger partial charge in [0.15, 0.2) is 0 Å². The Balaban J connectivity index is 2.75. The van der Waals surface area contributed by atoms with Crippen LogP contribution in [0, 0.1) is 6.92 Å². The third-order valence-corrected chi connectivity index (χ3v) is 4.10.